The minimum atomic E-state index is -0.199. The highest BCUT2D eigenvalue weighted by Gasteiger charge is 2.19. The van der Waals surface area contributed by atoms with Gasteiger partial charge in [0, 0.05) is 0 Å². The molecular weight excluding hydrogens is 216 g/mol. The second-order valence-corrected chi connectivity index (χ2v) is 5.03. The molecule has 0 saturated heterocycles. The van der Waals surface area contributed by atoms with Gasteiger partial charge in [-0.1, -0.05) is 32.9 Å². The van der Waals surface area contributed by atoms with Gasteiger partial charge in [0.15, 0.2) is 0 Å². The van der Waals surface area contributed by atoms with Crippen molar-refractivity contribution in [2.75, 3.05) is 7.11 Å². The topological polar surface area (TPSA) is 64.3 Å². The average Bonchev–Trinajstić information content (AvgIpc) is 2.27. The molecule has 0 radical (unpaired) electrons. The summed E-state index contributed by atoms with van der Waals surface area (Å²) < 4.78 is 5.33. The summed E-state index contributed by atoms with van der Waals surface area (Å²) in [6.45, 7) is 6.33. The van der Waals surface area contributed by atoms with Gasteiger partial charge in [-0.2, -0.15) is 0 Å². The number of methoxy groups -OCH3 is 1. The van der Waals surface area contributed by atoms with Gasteiger partial charge in [0.25, 0.3) is 0 Å². The van der Waals surface area contributed by atoms with Gasteiger partial charge >= 0.3 is 0 Å². The molecule has 0 heterocycles. The zero-order valence-electron chi connectivity index (χ0n) is 10.8. The van der Waals surface area contributed by atoms with Crippen LogP contribution in [0.5, 0.6) is 5.75 Å². The van der Waals surface area contributed by atoms with Crippen molar-refractivity contribution in [2.45, 2.75) is 32.6 Å². The van der Waals surface area contributed by atoms with E-state index in [1.54, 1.807) is 7.11 Å². The second-order valence-electron chi connectivity index (χ2n) is 5.03. The van der Waals surface area contributed by atoms with Crippen LogP contribution in [-0.2, 0) is 16.6 Å². The minimum Gasteiger partial charge on any atom is -0.496 e. The fourth-order valence-corrected chi connectivity index (χ4v) is 1.69. The van der Waals surface area contributed by atoms with E-state index in [1.807, 2.05) is 18.2 Å². The number of hydrazine groups is 1. The average molecular weight is 236 g/mol. The van der Waals surface area contributed by atoms with E-state index in [2.05, 4.69) is 26.2 Å². The predicted octanol–water partition coefficient (Wildman–Crippen LogP) is 1.53. The molecule has 17 heavy (non-hydrogen) atoms. The number of hydrogen-bond donors (Lipinski definition) is 2. The molecule has 0 aliphatic carbocycles. The fourth-order valence-electron chi connectivity index (χ4n) is 1.69. The van der Waals surface area contributed by atoms with Crippen molar-refractivity contribution in [1.82, 2.24) is 5.43 Å². The molecule has 0 aliphatic rings. The molecule has 0 aromatic heterocycles. The van der Waals surface area contributed by atoms with Gasteiger partial charge in [-0.25, -0.2) is 5.84 Å². The van der Waals surface area contributed by atoms with Gasteiger partial charge in [-0.05, 0) is 22.6 Å². The number of amides is 1. The highest BCUT2D eigenvalue weighted by molar-refractivity contribution is 5.78. The van der Waals surface area contributed by atoms with Crippen LogP contribution in [0.2, 0.25) is 0 Å². The van der Waals surface area contributed by atoms with E-state index in [0.29, 0.717) is 0 Å². The number of ether oxygens (including phenoxy) is 1. The Morgan fingerprint density at radius 3 is 2.53 bits per heavy atom. The van der Waals surface area contributed by atoms with E-state index < -0.39 is 0 Å². The molecule has 1 aromatic rings. The number of nitrogens with two attached hydrogens (primary N) is 1. The highest BCUT2D eigenvalue weighted by atomic mass is 16.5. The molecular formula is C13H20N2O2. The van der Waals surface area contributed by atoms with E-state index in [9.17, 15) is 4.79 Å². The molecule has 4 heteroatoms. The maximum atomic E-state index is 11.2. The second kappa shape index (κ2) is 5.19. The molecule has 0 fully saturated rings. The summed E-state index contributed by atoms with van der Waals surface area (Å²) in [6, 6.07) is 5.76. The van der Waals surface area contributed by atoms with Gasteiger partial charge in [0.05, 0.1) is 13.5 Å². The van der Waals surface area contributed by atoms with Crippen LogP contribution >= 0.6 is 0 Å². The minimum absolute atomic E-state index is 0.0272. The molecule has 1 rings (SSSR count). The molecule has 1 amide bonds. The summed E-state index contributed by atoms with van der Waals surface area (Å²) in [5.41, 5.74) is 4.12. The third-order valence-electron chi connectivity index (χ3n) is 2.60. The summed E-state index contributed by atoms with van der Waals surface area (Å²) in [4.78, 5) is 11.2. The number of carbonyl (C=O) groups excluding carboxylic acids is 1. The Hall–Kier alpha value is -1.55. The van der Waals surface area contributed by atoms with Crippen LogP contribution in [0.4, 0.5) is 0 Å². The maximum Gasteiger partial charge on any atom is 0.238 e. The molecule has 94 valence electrons. The Bertz CT molecular complexity index is 408. The SMILES string of the molecule is COc1ccc(CC(=O)NN)cc1C(C)(C)C. The van der Waals surface area contributed by atoms with E-state index >= 15 is 0 Å². The van der Waals surface area contributed by atoms with E-state index in [1.165, 1.54) is 0 Å². The van der Waals surface area contributed by atoms with Crippen LogP contribution in [0.15, 0.2) is 18.2 Å². The zero-order valence-corrected chi connectivity index (χ0v) is 10.8. The molecule has 1 aromatic carbocycles. The molecule has 4 nitrogen and oxygen atoms in total. The first-order valence-corrected chi connectivity index (χ1v) is 5.55. The smallest absolute Gasteiger partial charge is 0.238 e. The summed E-state index contributed by atoms with van der Waals surface area (Å²) in [7, 11) is 1.65. The molecule has 0 saturated carbocycles. The first-order chi connectivity index (χ1) is 7.88. The molecule has 0 aliphatic heterocycles. The van der Waals surface area contributed by atoms with Crippen LogP contribution in [0, 0.1) is 0 Å². The number of rotatable bonds is 3. The van der Waals surface area contributed by atoms with Crippen molar-refractivity contribution in [2.24, 2.45) is 5.84 Å². The van der Waals surface area contributed by atoms with Crippen molar-refractivity contribution in [3.8, 4) is 5.75 Å². The van der Waals surface area contributed by atoms with Gasteiger partial charge in [-0.15, -0.1) is 0 Å². The summed E-state index contributed by atoms with van der Waals surface area (Å²) in [6.07, 6.45) is 0.281. The molecule has 0 unspecified atom stereocenters. The first-order valence-electron chi connectivity index (χ1n) is 5.55. The summed E-state index contributed by atoms with van der Waals surface area (Å²) in [5.74, 6) is 5.72. The molecule has 3 N–H and O–H groups in total. The van der Waals surface area contributed by atoms with Crippen LogP contribution < -0.4 is 16.0 Å². The predicted molar refractivity (Wildman–Crippen MR) is 67.7 cm³/mol. The lowest BCUT2D eigenvalue weighted by molar-refractivity contribution is -0.120. The summed E-state index contributed by atoms with van der Waals surface area (Å²) in [5, 5.41) is 0. The van der Waals surface area contributed by atoms with E-state index in [-0.39, 0.29) is 17.7 Å². The normalized spacial score (nSPS) is 11.1. The fraction of sp³-hybridized carbons (Fsp3) is 0.462. The van der Waals surface area contributed by atoms with Gasteiger partial charge in [0.1, 0.15) is 5.75 Å². The number of nitrogens with one attached hydrogen (secondary N) is 1. The van der Waals surface area contributed by atoms with Crippen molar-refractivity contribution in [1.29, 1.82) is 0 Å². The Balaban J connectivity index is 3.09. The number of benzene rings is 1. The Kier molecular flexibility index (Phi) is 4.12. The standard InChI is InChI=1S/C13H20N2O2/c1-13(2,3)10-7-9(8-12(16)15-14)5-6-11(10)17-4/h5-7H,8,14H2,1-4H3,(H,15,16). The lowest BCUT2D eigenvalue weighted by Gasteiger charge is -2.22. The number of hydrogen-bond acceptors (Lipinski definition) is 3. The lowest BCUT2D eigenvalue weighted by Crippen LogP contribution is -2.31. The Labute approximate surface area is 102 Å². The van der Waals surface area contributed by atoms with Crippen molar-refractivity contribution < 1.29 is 9.53 Å². The van der Waals surface area contributed by atoms with E-state index in [0.717, 1.165) is 16.9 Å². The molecule has 0 atom stereocenters. The molecule has 0 spiro atoms. The zero-order chi connectivity index (χ0) is 13.1. The van der Waals surface area contributed by atoms with Crippen LogP contribution in [0.25, 0.3) is 0 Å². The van der Waals surface area contributed by atoms with Crippen LogP contribution in [0.3, 0.4) is 0 Å². The summed E-state index contributed by atoms with van der Waals surface area (Å²) >= 11 is 0. The Morgan fingerprint density at radius 2 is 2.06 bits per heavy atom. The monoisotopic (exact) mass is 236 g/mol. The van der Waals surface area contributed by atoms with Gasteiger partial charge in [0.2, 0.25) is 5.91 Å². The van der Waals surface area contributed by atoms with Crippen LogP contribution in [0.1, 0.15) is 31.9 Å². The Morgan fingerprint density at radius 1 is 1.41 bits per heavy atom. The third-order valence-corrected chi connectivity index (χ3v) is 2.60. The van der Waals surface area contributed by atoms with Gasteiger partial charge in [-0.3, -0.25) is 10.2 Å². The maximum absolute atomic E-state index is 11.2. The van der Waals surface area contributed by atoms with Crippen molar-refractivity contribution in [3.05, 3.63) is 29.3 Å². The number of carbonyl (C=O) groups is 1. The largest absolute Gasteiger partial charge is 0.496 e. The van der Waals surface area contributed by atoms with E-state index in [4.69, 9.17) is 10.6 Å². The quantitative estimate of drug-likeness (QED) is 0.475. The van der Waals surface area contributed by atoms with Crippen molar-refractivity contribution >= 4 is 5.91 Å². The van der Waals surface area contributed by atoms with Crippen LogP contribution in [-0.4, -0.2) is 13.0 Å². The third kappa shape index (κ3) is 3.46. The highest BCUT2D eigenvalue weighted by Crippen LogP contribution is 2.32. The lowest BCUT2D eigenvalue weighted by atomic mass is 9.85. The first kappa shape index (κ1) is 13.5. The molecule has 0 bridgehead atoms. The van der Waals surface area contributed by atoms with Crippen molar-refractivity contribution in [3.63, 3.8) is 0 Å². The van der Waals surface area contributed by atoms with Gasteiger partial charge < -0.3 is 4.74 Å².